The van der Waals surface area contributed by atoms with E-state index in [-0.39, 0.29) is 29.1 Å². The molecule has 1 amide bonds. The van der Waals surface area contributed by atoms with E-state index in [9.17, 15) is 22.4 Å². The minimum atomic E-state index is -4.68. The Morgan fingerprint density at radius 2 is 1.72 bits per heavy atom. The van der Waals surface area contributed by atoms with Crippen LogP contribution in [-0.2, 0) is 17.5 Å². The van der Waals surface area contributed by atoms with Crippen molar-refractivity contribution in [1.82, 2.24) is 20.3 Å². The lowest BCUT2D eigenvalue weighted by molar-refractivity contribution is -0.141. The molecule has 5 nitrogen and oxygen atoms in total. The van der Waals surface area contributed by atoms with Crippen LogP contribution in [0.2, 0.25) is 0 Å². The number of nitrogens with one attached hydrogen (secondary N) is 1. The van der Waals surface area contributed by atoms with Gasteiger partial charge in [-0.2, -0.15) is 13.2 Å². The normalized spacial score (nSPS) is 11.3. The van der Waals surface area contributed by atoms with E-state index in [0.717, 1.165) is 35.5 Å². The van der Waals surface area contributed by atoms with Gasteiger partial charge in [0.05, 0.1) is 11.4 Å². The van der Waals surface area contributed by atoms with Crippen molar-refractivity contribution in [1.29, 1.82) is 0 Å². The number of aromatic nitrogens is 3. The van der Waals surface area contributed by atoms with E-state index in [1.807, 2.05) is 0 Å². The Kier molecular flexibility index (Phi) is 6.42. The molecule has 150 valence electrons. The maximum Gasteiger partial charge on any atom is 0.433 e. The maximum atomic E-state index is 13.2. The number of hydrogen-bond acceptors (Lipinski definition) is 5. The topological polar surface area (TPSA) is 67.8 Å². The quantitative estimate of drug-likeness (QED) is 0.368. The molecule has 0 saturated heterocycles. The molecule has 0 aliphatic carbocycles. The van der Waals surface area contributed by atoms with E-state index in [0.29, 0.717) is 5.56 Å². The van der Waals surface area contributed by atoms with Gasteiger partial charge < -0.3 is 5.32 Å². The van der Waals surface area contributed by atoms with Crippen LogP contribution in [0, 0.1) is 5.82 Å². The van der Waals surface area contributed by atoms with E-state index in [1.165, 1.54) is 12.1 Å². The smallest absolute Gasteiger partial charge is 0.351 e. The molecule has 1 aromatic carbocycles. The number of alkyl halides is 3. The molecule has 29 heavy (non-hydrogen) atoms. The lowest BCUT2D eigenvalue weighted by atomic mass is 10.1. The van der Waals surface area contributed by atoms with Crippen molar-refractivity contribution in [3.63, 3.8) is 0 Å². The largest absolute Gasteiger partial charge is 0.433 e. The SMILES string of the molecule is O=C(CSc1nc(-c2ccc(F)cc2)cc(C(F)(F)F)n1)NCc1ccncc1. The van der Waals surface area contributed by atoms with E-state index < -0.39 is 17.7 Å². The third-order valence-corrected chi connectivity index (χ3v) is 4.55. The summed E-state index contributed by atoms with van der Waals surface area (Å²) in [6.07, 6.45) is -1.51. The highest BCUT2D eigenvalue weighted by Crippen LogP contribution is 2.32. The van der Waals surface area contributed by atoms with E-state index in [2.05, 4.69) is 20.3 Å². The second kappa shape index (κ2) is 8.99. The van der Waals surface area contributed by atoms with Gasteiger partial charge in [-0.05, 0) is 48.0 Å². The average molecular weight is 422 g/mol. The molecule has 0 unspecified atom stereocenters. The minimum Gasteiger partial charge on any atom is -0.351 e. The second-order valence-corrected chi connectivity index (χ2v) is 6.79. The fraction of sp³-hybridized carbons (Fsp3) is 0.158. The highest BCUT2D eigenvalue weighted by atomic mass is 32.2. The number of carbonyl (C=O) groups excluding carboxylic acids is 1. The van der Waals surface area contributed by atoms with Gasteiger partial charge in [-0.25, -0.2) is 14.4 Å². The summed E-state index contributed by atoms with van der Waals surface area (Å²) in [5.74, 6) is -1.05. The third-order valence-electron chi connectivity index (χ3n) is 3.71. The van der Waals surface area contributed by atoms with E-state index >= 15 is 0 Å². The Bertz CT molecular complexity index is 982. The van der Waals surface area contributed by atoms with Crippen LogP contribution >= 0.6 is 11.8 Å². The summed E-state index contributed by atoms with van der Waals surface area (Å²) in [6, 6.07) is 9.17. The molecule has 0 fully saturated rings. The molecule has 0 atom stereocenters. The highest BCUT2D eigenvalue weighted by molar-refractivity contribution is 7.99. The lowest BCUT2D eigenvalue weighted by Gasteiger charge is -2.10. The van der Waals surface area contributed by atoms with Gasteiger partial charge in [0.25, 0.3) is 0 Å². The zero-order valence-corrected chi connectivity index (χ0v) is 15.6. The monoisotopic (exact) mass is 422 g/mol. The first-order valence-electron chi connectivity index (χ1n) is 8.32. The zero-order chi connectivity index (χ0) is 20.9. The number of carbonyl (C=O) groups is 1. The Morgan fingerprint density at radius 1 is 1.03 bits per heavy atom. The zero-order valence-electron chi connectivity index (χ0n) is 14.8. The van der Waals surface area contributed by atoms with Gasteiger partial charge in [0.1, 0.15) is 11.5 Å². The standard InChI is InChI=1S/C19H14F4N4OS/c20-14-3-1-13(2-4-14)15-9-16(19(21,22)23)27-18(26-15)29-11-17(28)25-10-12-5-7-24-8-6-12/h1-9H,10-11H2,(H,25,28). The van der Waals surface area contributed by atoms with Crippen molar-refractivity contribution < 1.29 is 22.4 Å². The van der Waals surface area contributed by atoms with Crippen LogP contribution in [-0.4, -0.2) is 26.6 Å². The molecule has 10 heteroatoms. The first-order valence-corrected chi connectivity index (χ1v) is 9.30. The van der Waals surface area contributed by atoms with Crippen molar-refractivity contribution in [3.05, 3.63) is 71.9 Å². The molecule has 0 bridgehead atoms. The summed E-state index contributed by atoms with van der Waals surface area (Å²) < 4.78 is 52.7. The number of benzene rings is 1. The third kappa shape index (κ3) is 5.98. The van der Waals surface area contributed by atoms with E-state index in [1.54, 1.807) is 24.5 Å². The minimum absolute atomic E-state index is 0.00739. The molecule has 0 aliphatic rings. The molecule has 3 rings (SSSR count). The number of thioether (sulfide) groups is 1. The summed E-state index contributed by atoms with van der Waals surface area (Å²) in [5, 5.41) is 2.46. The Labute approximate surface area is 167 Å². The Balaban J connectivity index is 1.73. The van der Waals surface area contributed by atoms with Crippen LogP contribution in [0.4, 0.5) is 17.6 Å². The molecule has 0 radical (unpaired) electrons. The van der Waals surface area contributed by atoms with Gasteiger partial charge in [-0.1, -0.05) is 11.8 Å². The fourth-order valence-electron chi connectivity index (χ4n) is 2.29. The van der Waals surface area contributed by atoms with Crippen LogP contribution < -0.4 is 5.32 Å². The summed E-state index contributed by atoms with van der Waals surface area (Å²) in [4.78, 5) is 23.4. The number of amides is 1. The van der Waals surface area contributed by atoms with E-state index in [4.69, 9.17) is 0 Å². The molecule has 0 aliphatic heterocycles. The predicted molar refractivity (Wildman–Crippen MR) is 99.2 cm³/mol. The maximum absolute atomic E-state index is 13.2. The lowest BCUT2D eigenvalue weighted by Crippen LogP contribution is -2.24. The number of pyridine rings is 1. The molecular weight excluding hydrogens is 408 g/mol. The molecular formula is C19H14F4N4OS. The molecule has 2 heterocycles. The van der Waals surface area contributed by atoms with Gasteiger partial charge in [-0.15, -0.1) is 0 Å². The molecule has 0 spiro atoms. The fourth-order valence-corrected chi connectivity index (χ4v) is 2.97. The first-order chi connectivity index (χ1) is 13.8. The van der Waals surface area contributed by atoms with Crippen molar-refractivity contribution in [2.75, 3.05) is 5.75 Å². The highest BCUT2D eigenvalue weighted by Gasteiger charge is 2.34. The van der Waals surface area contributed by atoms with Crippen molar-refractivity contribution >= 4 is 17.7 Å². The van der Waals surface area contributed by atoms with Crippen molar-refractivity contribution in [3.8, 4) is 11.3 Å². The first kappa shape index (κ1) is 20.7. The van der Waals surface area contributed by atoms with Gasteiger partial charge in [0.2, 0.25) is 5.91 Å². The van der Waals surface area contributed by atoms with Crippen LogP contribution in [0.25, 0.3) is 11.3 Å². The Hall–Kier alpha value is -3.01. The molecule has 3 aromatic rings. The van der Waals surface area contributed by atoms with Gasteiger partial charge in [0.15, 0.2) is 5.16 Å². The summed E-state index contributed by atoms with van der Waals surface area (Å²) in [5.41, 5.74) is 0.00842. The summed E-state index contributed by atoms with van der Waals surface area (Å²) in [7, 11) is 0. The number of hydrogen-bond donors (Lipinski definition) is 1. The molecule has 1 N–H and O–H groups in total. The average Bonchev–Trinajstić information content (AvgIpc) is 2.71. The molecule has 2 aromatic heterocycles. The number of rotatable bonds is 6. The van der Waals surface area contributed by atoms with Gasteiger partial charge >= 0.3 is 6.18 Å². The van der Waals surface area contributed by atoms with Crippen LogP contribution in [0.5, 0.6) is 0 Å². The second-order valence-electron chi connectivity index (χ2n) is 5.85. The van der Waals surface area contributed by atoms with Gasteiger partial charge in [0, 0.05) is 24.5 Å². The van der Waals surface area contributed by atoms with Crippen molar-refractivity contribution in [2.24, 2.45) is 0 Å². The van der Waals surface area contributed by atoms with Crippen LogP contribution in [0.15, 0.2) is 60.0 Å². The van der Waals surface area contributed by atoms with Gasteiger partial charge in [-0.3, -0.25) is 9.78 Å². The van der Waals surface area contributed by atoms with Crippen LogP contribution in [0.1, 0.15) is 11.3 Å². The summed E-state index contributed by atoms with van der Waals surface area (Å²) >= 11 is 0.785. The van der Waals surface area contributed by atoms with Crippen LogP contribution in [0.3, 0.4) is 0 Å². The molecule has 0 saturated carbocycles. The number of halogens is 4. The number of nitrogens with zero attached hydrogens (tertiary/aromatic N) is 3. The predicted octanol–water partition coefficient (Wildman–Crippen LogP) is 4.11. The Morgan fingerprint density at radius 3 is 2.38 bits per heavy atom. The summed E-state index contributed by atoms with van der Waals surface area (Å²) in [6.45, 7) is 0.270. The van der Waals surface area contributed by atoms with Crippen molar-refractivity contribution in [2.45, 2.75) is 17.9 Å².